The summed E-state index contributed by atoms with van der Waals surface area (Å²) in [4.78, 5) is 36.7. The second-order valence-electron chi connectivity index (χ2n) is 9.65. The van der Waals surface area contributed by atoms with E-state index < -0.39 is 11.8 Å². The van der Waals surface area contributed by atoms with Crippen molar-refractivity contribution in [3.63, 3.8) is 0 Å². The van der Waals surface area contributed by atoms with Crippen LogP contribution in [0.1, 0.15) is 55.8 Å². The Balaban J connectivity index is 1.21. The number of hydrogen-bond donors (Lipinski definition) is 3. The number of amides is 3. The second kappa shape index (κ2) is 8.99. The first kappa shape index (κ1) is 22.4. The molecule has 8 heteroatoms. The third kappa shape index (κ3) is 5.01. The van der Waals surface area contributed by atoms with Crippen LogP contribution in [-0.4, -0.2) is 36.9 Å². The van der Waals surface area contributed by atoms with E-state index in [1.807, 2.05) is 0 Å². The highest BCUT2D eigenvalue weighted by Gasteiger charge is 2.53. The van der Waals surface area contributed by atoms with Crippen LogP contribution < -0.4 is 16.0 Å². The number of rotatable bonds is 7. The van der Waals surface area contributed by atoms with E-state index in [0.717, 1.165) is 17.8 Å². The van der Waals surface area contributed by atoms with Crippen LogP contribution in [-0.2, 0) is 9.59 Å². The Morgan fingerprint density at radius 2 is 1.55 bits per heavy atom. The highest BCUT2D eigenvalue weighted by molar-refractivity contribution is 6.36. The molecule has 31 heavy (non-hydrogen) atoms. The third-order valence-electron chi connectivity index (χ3n) is 7.41. The predicted molar refractivity (Wildman–Crippen MR) is 120 cm³/mol. The summed E-state index contributed by atoms with van der Waals surface area (Å²) in [5.41, 5.74) is 0.460. The molecule has 3 amide bonds. The third-order valence-corrected chi connectivity index (χ3v) is 7.96. The van der Waals surface area contributed by atoms with Crippen molar-refractivity contribution in [1.82, 2.24) is 16.0 Å². The quantitative estimate of drug-likeness (QED) is 0.575. The van der Waals surface area contributed by atoms with Crippen LogP contribution >= 0.6 is 23.2 Å². The molecule has 0 saturated heterocycles. The van der Waals surface area contributed by atoms with Crippen LogP contribution in [0.4, 0.5) is 0 Å². The van der Waals surface area contributed by atoms with Crippen molar-refractivity contribution in [2.24, 2.45) is 23.2 Å². The first-order valence-corrected chi connectivity index (χ1v) is 11.8. The monoisotopic (exact) mass is 465 g/mol. The van der Waals surface area contributed by atoms with Crippen LogP contribution in [0, 0.1) is 23.2 Å². The van der Waals surface area contributed by atoms with Gasteiger partial charge in [0.25, 0.3) is 5.91 Å². The molecule has 0 unspecified atom stereocenters. The van der Waals surface area contributed by atoms with E-state index in [1.54, 1.807) is 6.07 Å². The zero-order chi connectivity index (χ0) is 22.2. The van der Waals surface area contributed by atoms with E-state index in [0.29, 0.717) is 5.02 Å². The molecule has 4 saturated carbocycles. The number of benzene rings is 1. The molecule has 6 nitrogen and oxygen atoms in total. The van der Waals surface area contributed by atoms with Crippen molar-refractivity contribution in [3.8, 4) is 0 Å². The lowest BCUT2D eigenvalue weighted by atomic mass is 9.48. The number of hydrogen-bond acceptors (Lipinski definition) is 3. The van der Waals surface area contributed by atoms with Crippen molar-refractivity contribution in [1.29, 1.82) is 0 Å². The minimum absolute atomic E-state index is 0.104. The summed E-state index contributed by atoms with van der Waals surface area (Å²) in [5, 5.41) is 8.84. The lowest BCUT2D eigenvalue weighted by Crippen LogP contribution is -2.56. The van der Waals surface area contributed by atoms with Gasteiger partial charge in [0, 0.05) is 11.1 Å². The summed E-state index contributed by atoms with van der Waals surface area (Å²) in [6.45, 7) is 1.77. The molecule has 4 aliphatic rings. The maximum atomic E-state index is 12.4. The van der Waals surface area contributed by atoms with E-state index in [2.05, 4.69) is 22.9 Å². The largest absolute Gasteiger partial charge is 0.352 e. The number of carbonyl (C=O) groups excluding carboxylic acids is 3. The molecule has 1 aromatic carbocycles. The zero-order valence-electron chi connectivity index (χ0n) is 17.7. The summed E-state index contributed by atoms with van der Waals surface area (Å²) < 4.78 is 0. The molecule has 0 heterocycles. The molecule has 168 valence electrons. The van der Waals surface area contributed by atoms with Crippen molar-refractivity contribution in [2.75, 3.05) is 13.1 Å². The molecular formula is C23H29Cl2N3O3. The SMILES string of the molecule is C[C@H](NC(=O)CNC(=O)CNC(=O)c1ccc(Cl)cc1Cl)C12CC3CC(CC(C3)C1)C2. The minimum atomic E-state index is -0.475. The molecule has 0 aromatic heterocycles. The summed E-state index contributed by atoms with van der Waals surface area (Å²) in [6, 6.07) is 4.62. The van der Waals surface area contributed by atoms with Gasteiger partial charge in [-0.15, -0.1) is 0 Å². The van der Waals surface area contributed by atoms with Crippen molar-refractivity contribution >= 4 is 40.9 Å². The fourth-order valence-electron chi connectivity index (χ4n) is 6.32. The minimum Gasteiger partial charge on any atom is -0.352 e. The predicted octanol–water partition coefficient (Wildman–Crippen LogP) is 3.56. The van der Waals surface area contributed by atoms with Crippen LogP contribution in [0.3, 0.4) is 0 Å². The lowest BCUT2D eigenvalue weighted by Gasteiger charge is -2.59. The summed E-state index contributed by atoms with van der Waals surface area (Å²) in [7, 11) is 0. The molecule has 5 rings (SSSR count). The average molecular weight is 466 g/mol. The van der Waals surface area contributed by atoms with Crippen LogP contribution in [0.5, 0.6) is 0 Å². The van der Waals surface area contributed by atoms with Gasteiger partial charge in [0.1, 0.15) is 0 Å². The molecule has 3 N–H and O–H groups in total. The molecule has 0 spiro atoms. The van der Waals surface area contributed by atoms with Crippen molar-refractivity contribution in [2.45, 2.75) is 51.5 Å². The Kier molecular flexibility index (Phi) is 6.50. The maximum absolute atomic E-state index is 12.4. The maximum Gasteiger partial charge on any atom is 0.253 e. The first-order chi connectivity index (χ1) is 14.7. The molecular weight excluding hydrogens is 437 g/mol. The molecule has 4 bridgehead atoms. The highest BCUT2D eigenvalue weighted by atomic mass is 35.5. The fourth-order valence-corrected chi connectivity index (χ4v) is 6.82. The van der Waals surface area contributed by atoms with Gasteiger partial charge in [-0.1, -0.05) is 23.2 Å². The fraction of sp³-hybridized carbons (Fsp3) is 0.609. The van der Waals surface area contributed by atoms with Gasteiger partial charge in [0.05, 0.1) is 23.7 Å². The number of nitrogens with one attached hydrogen (secondary N) is 3. The van der Waals surface area contributed by atoms with E-state index in [4.69, 9.17) is 23.2 Å². The molecule has 4 aliphatic carbocycles. The smallest absolute Gasteiger partial charge is 0.253 e. The summed E-state index contributed by atoms with van der Waals surface area (Å²) >= 11 is 11.8. The van der Waals surface area contributed by atoms with Crippen molar-refractivity contribution < 1.29 is 14.4 Å². The van der Waals surface area contributed by atoms with E-state index >= 15 is 0 Å². The Labute approximate surface area is 192 Å². The Bertz CT molecular complexity index is 854. The van der Waals surface area contributed by atoms with E-state index in [-0.39, 0.29) is 41.0 Å². The first-order valence-electron chi connectivity index (χ1n) is 11.0. The average Bonchev–Trinajstić information content (AvgIpc) is 2.69. The molecule has 1 aromatic rings. The van der Waals surface area contributed by atoms with E-state index in [1.165, 1.54) is 50.7 Å². The van der Waals surface area contributed by atoms with Gasteiger partial charge in [0.2, 0.25) is 11.8 Å². The van der Waals surface area contributed by atoms with E-state index in [9.17, 15) is 14.4 Å². The molecule has 4 fully saturated rings. The van der Waals surface area contributed by atoms with Gasteiger partial charge in [-0.2, -0.15) is 0 Å². The van der Waals surface area contributed by atoms with Crippen molar-refractivity contribution in [3.05, 3.63) is 33.8 Å². The topological polar surface area (TPSA) is 87.3 Å². The zero-order valence-corrected chi connectivity index (χ0v) is 19.2. The summed E-state index contributed by atoms with van der Waals surface area (Å²) in [6.07, 6.45) is 7.74. The van der Waals surface area contributed by atoms with Crippen LogP contribution in [0.2, 0.25) is 10.0 Å². The standard InChI is InChI=1S/C23H29Cl2N3O3/c1-13(23-8-14-4-15(9-23)6-16(5-14)10-23)28-21(30)12-26-20(29)11-27-22(31)18-3-2-17(24)7-19(18)25/h2-3,7,13-16H,4-6,8-12H2,1H3,(H,26,29)(H,27,31)(H,28,30)/t13-,14?,15?,16?,23?/m0/s1. The van der Waals surface area contributed by atoms with Gasteiger partial charge < -0.3 is 16.0 Å². The molecule has 0 radical (unpaired) electrons. The van der Waals surface area contributed by atoms with Gasteiger partial charge in [-0.25, -0.2) is 0 Å². The van der Waals surface area contributed by atoms with Gasteiger partial charge in [0.15, 0.2) is 0 Å². The Morgan fingerprint density at radius 3 is 2.13 bits per heavy atom. The summed E-state index contributed by atoms with van der Waals surface area (Å²) in [5.74, 6) is 1.37. The Hall–Kier alpha value is -1.79. The van der Waals surface area contributed by atoms with Gasteiger partial charge in [-0.05, 0) is 86.8 Å². The number of halogens is 2. The normalized spacial score (nSPS) is 29.3. The molecule has 0 aliphatic heterocycles. The Morgan fingerprint density at radius 1 is 0.968 bits per heavy atom. The highest BCUT2D eigenvalue weighted by Crippen LogP contribution is 2.61. The van der Waals surface area contributed by atoms with Crippen LogP contribution in [0.15, 0.2) is 18.2 Å². The number of carbonyl (C=O) groups is 3. The molecule has 1 atom stereocenters. The lowest BCUT2D eigenvalue weighted by molar-refractivity contribution is -0.128. The second-order valence-corrected chi connectivity index (χ2v) is 10.5. The van der Waals surface area contributed by atoms with Crippen LogP contribution in [0.25, 0.3) is 0 Å². The van der Waals surface area contributed by atoms with Gasteiger partial charge >= 0.3 is 0 Å². The van der Waals surface area contributed by atoms with Gasteiger partial charge in [-0.3, -0.25) is 14.4 Å².